The second-order valence-electron chi connectivity index (χ2n) is 7.25. The van der Waals surface area contributed by atoms with E-state index >= 15 is 0 Å². The van der Waals surface area contributed by atoms with Crippen molar-refractivity contribution in [2.75, 3.05) is 23.7 Å². The highest BCUT2D eigenvalue weighted by molar-refractivity contribution is 7.89. The zero-order chi connectivity index (χ0) is 24.0. The molecule has 2 aromatic carbocycles. The summed E-state index contributed by atoms with van der Waals surface area (Å²) in [4.78, 5) is 19.4. The lowest BCUT2D eigenvalue weighted by Crippen LogP contribution is -2.30. The number of nitrogens with one attached hydrogen (secondary N) is 2. The van der Waals surface area contributed by atoms with Gasteiger partial charge < -0.3 is 10.6 Å². The molecule has 0 saturated carbocycles. The predicted octanol–water partition coefficient (Wildman–Crippen LogP) is 4.08. The molecule has 174 valence electrons. The fraction of sp³-hybridized carbons (Fsp3) is 0.273. The van der Waals surface area contributed by atoms with Crippen molar-refractivity contribution in [1.29, 1.82) is 0 Å². The second-order valence-corrected chi connectivity index (χ2v) is 9.19. The van der Waals surface area contributed by atoms with E-state index in [0.717, 1.165) is 11.1 Å². The summed E-state index contributed by atoms with van der Waals surface area (Å²) in [5.74, 6) is 0.0829. The molecule has 1 heterocycles. The van der Waals surface area contributed by atoms with E-state index in [9.17, 15) is 18.5 Å². The number of hydrogen-bond acceptors (Lipinski definition) is 8. The summed E-state index contributed by atoms with van der Waals surface area (Å²) in [6, 6.07) is 13.8. The average molecular weight is 471 g/mol. The summed E-state index contributed by atoms with van der Waals surface area (Å²) in [6.07, 6.45) is 1.23. The quantitative estimate of drug-likeness (QED) is 0.335. The zero-order valence-corrected chi connectivity index (χ0v) is 19.5. The molecule has 0 aliphatic heterocycles. The van der Waals surface area contributed by atoms with Gasteiger partial charge in [0.1, 0.15) is 6.33 Å². The largest absolute Gasteiger partial charge is 0.360 e. The number of nitro groups is 1. The van der Waals surface area contributed by atoms with Gasteiger partial charge >= 0.3 is 5.69 Å². The molecule has 0 fully saturated rings. The van der Waals surface area contributed by atoms with Gasteiger partial charge in [-0.25, -0.2) is 18.4 Å². The van der Waals surface area contributed by atoms with Crippen LogP contribution in [0.5, 0.6) is 0 Å². The highest BCUT2D eigenvalue weighted by atomic mass is 32.2. The second kappa shape index (κ2) is 10.4. The number of rotatable bonds is 10. The number of aryl methyl sites for hydroxylation is 1. The Hall–Kier alpha value is -3.57. The first-order valence-corrected chi connectivity index (χ1v) is 11.9. The molecule has 0 aliphatic carbocycles. The third-order valence-corrected chi connectivity index (χ3v) is 7.11. The Balaban J connectivity index is 1.82. The Kier molecular flexibility index (Phi) is 7.56. The van der Waals surface area contributed by atoms with Gasteiger partial charge in [0.15, 0.2) is 0 Å². The fourth-order valence-electron chi connectivity index (χ4n) is 3.22. The molecule has 3 rings (SSSR count). The number of sulfonamides is 1. The van der Waals surface area contributed by atoms with Crippen LogP contribution in [0.1, 0.15) is 25.0 Å². The van der Waals surface area contributed by atoms with Crippen LogP contribution in [0.4, 0.5) is 23.0 Å². The van der Waals surface area contributed by atoms with Gasteiger partial charge in [-0.3, -0.25) is 10.1 Å². The molecule has 0 amide bonds. The fourth-order valence-corrected chi connectivity index (χ4v) is 4.68. The summed E-state index contributed by atoms with van der Waals surface area (Å²) in [5.41, 5.74) is 2.23. The van der Waals surface area contributed by atoms with Crippen molar-refractivity contribution in [3.8, 4) is 0 Å². The van der Waals surface area contributed by atoms with Gasteiger partial charge in [-0.1, -0.05) is 43.7 Å². The van der Waals surface area contributed by atoms with E-state index in [1.807, 2.05) is 31.2 Å². The Bertz CT molecular complexity index is 1210. The van der Waals surface area contributed by atoms with Crippen LogP contribution < -0.4 is 10.6 Å². The lowest BCUT2D eigenvalue weighted by atomic mass is 10.1. The number of benzene rings is 2. The Morgan fingerprint density at radius 1 is 0.970 bits per heavy atom. The molecule has 0 radical (unpaired) electrons. The molecule has 0 saturated heterocycles. The zero-order valence-electron chi connectivity index (χ0n) is 18.6. The normalized spacial score (nSPS) is 11.4. The van der Waals surface area contributed by atoms with Crippen molar-refractivity contribution in [3.63, 3.8) is 0 Å². The number of nitrogens with zero attached hydrogens (tertiary/aromatic N) is 4. The summed E-state index contributed by atoms with van der Waals surface area (Å²) in [7, 11) is -3.59. The van der Waals surface area contributed by atoms with Crippen molar-refractivity contribution in [2.45, 2.75) is 32.2 Å². The van der Waals surface area contributed by atoms with Gasteiger partial charge in [-0.2, -0.15) is 4.31 Å². The molecule has 3 aromatic rings. The van der Waals surface area contributed by atoms with Crippen molar-refractivity contribution < 1.29 is 13.3 Å². The predicted molar refractivity (Wildman–Crippen MR) is 127 cm³/mol. The van der Waals surface area contributed by atoms with E-state index in [4.69, 9.17) is 0 Å². The molecule has 0 aliphatic rings. The lowest BCUT2D eigenvalue weighted by molar-refractivity contribution is -0.383. The topological polar surface area (TPSA) is 130 Å². The van der Waals surface area contributed by atoms with Gasteiger partial charge in [0.2, 0.25) is 21.7 Å². The maximum Gasteiger partial charge on any atom is 0.353 e. The molecule has 11 heteroatoms. The van der Waals surface area contributed by atoms with Gasteiger partial charge in [0.25, 0.3) is 0 Å². The maximum absolute atomic E-state index is 12.6. The first-order chi connectivity index (χ1) is 15.8. The smallest absolute Gasteiger partial charge is 0.353 e. The van der Waals surface area contributed by atoms with E-state index in [2.05, 4.69) is 20.6 Å². The molecule has 1 aromatic heterocycles. The van der Waals surface area contributed by atoms with Crippen LogP contribution in [0.25, 0.3) is 0 Å². The first-order valence-electron chi connectivity index (χ1n) is 10.4. The third kappa shape index (κ3) is 5.62. The van der Waals surface area contributed by atoms with Gasteiger partial charge in [-0.05, 0) is 36.8 Å². The van der Waals surface area contributed by atoms with Crippen molar-refractivity contribution in [2.24, 2.45) is 0 Å². The van der Waals surface area contributed by atoms with Crippen LogP contribution >= 0.6 is 0 Å². The van der Waals surface area contributed by atoms with Crippen molar-refractivity contribution >= 4 is 33.0 Å². The van der Waals surface area contributed by atoms with E-state index in [-0.39, 0.29) is 22.2 Å². The van der Waals surface area contributed by atoms with Crippen LogP contribution in [0, 0.1) is 17.0 Å². The molecule has 33 heavy (non-hydrogen) atoms. The molecule has 0 spiro atoms. The molecule has 0 bridgehead atoms. The van der Waals surface area contributed by atoms with Gasteiger partial charge in [0, 0.05) is 25.3 Å². The third-order valence-electron chi connectivity index (χ3n) is 5.05. The summed E-state index contributed by atoms with van der Waals surface area (Å²) < 4.78 is 26.7. The van der Waals surface area contributed by atoms with Crippen LogP contribution in [0.15, 0.2) is 59.8 Å². The van der Waals surface area contributed by atoms with Crippen molar-refractivity contribution in [3.05, 3.63) is 76.1 Å². The molecule has 0 unspecified atom stereocenters. The van der Waals surface area contributed by atoms with E-state index < -0.39 is 14.9 Å². The monoisotopic (exact) mass is 470 g/mol. The molecular weight excluding hydrogens is 444 g/mol. The van der Waals surface area contributed by atoms with Crippen LogP contribution in [0.3, 0.4) is 0 Å². The van der Waals surface area contributed by atoms with Crippen LogP contribution in [-0.2, 0) is 16.6 Å². The maximum atomic E-state index is 12.6. The number of anilines is 3. The summed E-state index contributed by atoms with van der Waals surface area (Å²) in [5, 5.41) is 17.7. The molecule has 2 N–H and O–H groups in total. The minimum atomic E-state index is -3.59. The average Bonchev–Trinajstić information content (AvgIpc) is 2.79. The number of hydrogen-bond donors (Lipinski definition) is 2. The first kappa shape index (κ1) is 24.1. The Morgan fingerprint density at radius 2 is 1.58 bits per heavy atom. The van der Waals surface area contributed by atoms with Crippen LogP contribution in [0.2, 0.25) is 0 Å². The Morgan fingerprint density at radius 3 is 2.15 bits per heavy atom. The molecular formula is C22H26N6O4S. The lowest BCUT2D eigenvalue weighted by Gasteiger charge is -2.18. The van der Waals surface area contributed by atoms with E-state index in [1.165, 1.54) is 22.8 Å². The minimum absolute atomic E-state index is 0.000700. The Labute approximate surface area is 192 Å². The van der Waals surface area contributed by atoms with Crippen molar-refractivity contribution in [1.82, 2.24) is 14.3 Å². The highest BCUT2D eigenvalue weighted by Gasteiger charge is 2.24. The number of aromatic nitrogens is 2. The van der Waals surface area contributed by atoms with E-state index in [0.29, 0.717) is 25.3 Å². The SMILES string of the molecule is CCN(CC)S(=O)(=O)c1ccc(Nc2ncnc(NCc3ccc(C)cc3)c2[N+](=O)[O-])cc1. The standard InChI is InChI=1S/C22H26N6O4S/c1-4-27(5-2)33(31,32)19-12-10-18(11-13-19)26-22-20(28(29)30)21(24-15-25-22)23-14-17-8-6-16(3)7-9-17/h6-13,15H,4-5,14H2,1-3H3,(H2,23,24,25,26). The van der Waals surface area contributed by atoms with Crippen LogP contribution in [-0.4, -0.2) is 40.7 Å². The minimum Gasteiger partial charge on any atom is -0.360 e. The summed E-state index contributed by atoms with van der Waals surface area (Å²) >= 11 is 0. The molecule has 0 atom stereocenters. The van der Waals surface area contributed by atoms with Gasteiger partial charge in [0.05, 0.1) is 9.82 Å². The van der Waals surface area contributed by atoms with Gasteiger partial charge in [-0.15, -0.1) is 0 Å². The summed E-state index contributed by atoms with van der Waals surface area (Å²) in [6.45, 7) is 6.62. The van der Waals surface area contributed by atoms with E-state index in [1.54, 1.807) is 26.0 Å². The molecule has 10 nitrogen and oxygen atoms in total. The highest BCUT2D eigenvalue weighted by Crippen LogP contribution is 2.31.